The molecule has 1 atom stereocenters. The van der Waals surface area contributed by atoms with Gasteiger partial charge < -0.3 is 10.6 Å². The largest absolute Gasteiger partial charge is 0.350 e. The number of hydrogen-bond acceptors (Lipinski definition) is 4. The monoisotopic (exact) mass is 239 g/mol. The number of amides is 1. The lowest BCUT2D eigenvalue weighted by Gasteiger charge is -2.21. The molecule has 2 heterocycles. The fourth-order valence-corrected chi connectivity index (χ4v) is 2.50. The van der Waals surface area contributed by atoms with Gasteiger partial charge in [0.2, 0.25) is 5.91 Å². The molecule has 88 valence electrons. The number of nitrogens with zero attached hydrogens (tertiary/aromatic N) is 1. The molecule has 0 saturated carbocycles. The highest BCUT2D eigenvalue weighted by atomic mass is 32.1. The average Bonchev–Trinajstić information content (AvgIpc) is 2.81. The van der Waals surface area contributed by atoms with Crippen molar-refractivity contribution >= 4 is 17.2 Å². The summed E-state index contributed by atoms with van der Waals surface area (Å²) in [6.07, 6.45) is 4.75. The maximum atomic E-state index is 11.6. The Hall–Kier alpha value is -0.940. The van der Waals surface area contributed by atoms with Gasteiger partial charge in [0, 0.05) is 18.0 Å². The molecule has 1 unspecified atom stereocenters. The van der Waals surface area contributed by atoms with Crippen molar-refractivity contribution in [2.45, 2.75) is 25.8 Å². The molecule has 0 aliphatic carbocycles. The molecule has 0 aromatic carbocycles. The maximum absolute atomic E-state index is 11.6. The van der Waals surface area contributed by atoms with Crippen molar-refractivity contribution in [3.63, 3.8) is 0 Å². The van der Waals surface area contributed by atoms with Crippen molar-refractivity contribution in [2.24, 2.45) is 5.92 Å². The molecule has 1 aromatic heterocycles. The lowest BCUT2D eigenvalue weighted by molar-refractivity contribution is -0.122. The van der Waals surface area contributed by atoms with Gasteiger partial charge in [0.05, 0.1) is 6.54 Å². The minimum absolute atomic E-state index is 0.143. The molecular formula is C11H17N3OS. The zero-order chi connectivity index (χ0) is 11.2. The summed E-state index contributed by atoms with van der Waals surface area (Å²) in [5.74, 6) is 0.647. The van der Waals surface area contributed by atoms with Gasteiger partial charge in [-0.3, -0.25) is 4.79 Å². The van der Waals surface area contributed by atoms with Crippen molar-refractivity contribution in [2.75, 3.05) is 13.1 Å². The second-order valence-corrected chi connectivity index (χ2v) is 5.10. The third-order valence-corrected chi connectivity index (χ3v) is 3.57. The van der Waals surface area contributed by atoms with Crippen molar-refractivity contribution in [1.29, 1.82) is 0 Å². The van der Waals surface area contributed by atoms with E-state index in [4.69, 9.17) is 0 Å². The highest BCUT2D eigenvalue weighted by Gasteiger charge is 2.16. The van der Waals surface area contributed by atoms with Gasteiger partial charge in [-0.15, -0.1) is 11.3 Å². The molecule has 2 N–H and O–H groups in total. The average molecular weight is 239 g/mol. The predicted octanol–water partition coefficient (Wildman–Crippen LogP) is 1.15. The molecule has 1 aromatic rings. The van der Waals surface area contributed by atoms with Crippen molar-refractivity contribution in [3.8, 4) is 0 Å². The summed E-state index contributed by atoms with van der Waals surface area (Å²) in [5, 5.41) is 9.12. The van der Waals surface area contributed by atoms with Crippen LogP contribution >= 0.6 is 11.3 Å². The smallest absolute Gasteiger partial charge is 0.220 e. The molecule has 0 bridgehead atoms. The van der Waals surface area contributed by atoms with Crippen LogP contribution in [0.25, 0.3) is 0 Å². The van der Waals surface area contributed by atoms with Gasteiger partial charge in [-0.2, -0.15) is 0 Å². The first kappa shape index (κ1) is 11.5. The van der Waals surface area contributed by atoms with E-state index in [-0.39, 0.29) is 5.91 Å². The maximum Gasteiger partial charge on any atom is 0.220 e. The zero-order valence-corrected chi connectivity index (χ0v) is 10.1. The number of hydrogen-bond donors (Lipinski definition) is 2. The number of thiazole rings is 1. The second kappa shape index (κ2) is 5.96. The molecule has 1 amide bonds. The molecule has 5 heteroatoms. The van der Waals surface area contributed by atoms with Gasteiger partial charge in [0.15, 0.2) is 0 Å². The van der Waals surface area contributed by atoms with E-state index in [9.17, 15) is 4.79 Å². The Kier molecular flexibility index (Phi) is 4.30. The molecule has 1 fully saturated rings. The van der Waals surface area contributed by atoms with Crippen LogP contribution in [0.1, 0.15) is 24.3 Å². The molecule has 0 spiro atoms. The van der Waals surface area contributed by atoms with Crippen molar-refractivity contribution < 1.29 is 4.79 Å². The van der Waals surface area contributed by atoms with Crippen LogP contribution in [0.2, 0.25) is 0 Å². The lowest BCUT2D eigenvalue weighted by atomic mass is 9.96. The van der Waals surface area contributed by atoms with Gasteiger partial charge in [-0.25, -0.2) is 4.98 Å². The van der Waals surface area contributed by atoms with Crippen LogP contribution in [-0.4, -0.2) is 24.0 Å². The third-order valence-electron chi connectivity index (χ3n) is 2.79. The van der Waals surface area contributed by atoms with Crippen LogP contribution in [0.5, 0.6) is 0 Å². The van der Waals surface area contributed by atoms with E-state index >= 15 is 0 Å². The molecule has 1 aliphatic rings. The summed E-state index contributed by atoms with van der Waals surface area (Å²) in [5.41, 5.74) is 0. The highest BCUT2D eigenvalue weighted by Crippen LogP contribution is 2.13. The summed E-state index contributed by atoms with van der Waals surface area (Å²) in [7, 11) is 0. The summed E-state index contributed by atoms with van der Waals surface area (Å²) in [6, 6.07) is 0. The van der Waals surface area contributed by atoms with Crippen LogP contribution in [0.15, 0.2) is 11.6 Å². The minimum atomic E-state index is 0.143. The van der Waals surface area contributed by atoms with E-state index in [1.807, 2.05) is 5.38 Å². The number of carbonyl (C=O) groups excluding carboxylic acids is 1. The topological polar surface area (TPSA) is 54.0 Å². The molecule has 4 nitrogen and oxygen atoms in total. The van der Waals surface area contributed by atoms with E-state index in [1.165, 1.54) is 6.42 Å². The zero-order valence-electron chi connectivity index (χ0n) is 9.24. The number of rotatable bonds is 4. The normalized spacial score (nSPS) is 20.6. The predicted molar refractivity (Wildman–Crippen MR) is 64.2 cm³/mol. The molecule has 1 saturated heterocycles. The number of piperidine rings is 1. The van der Waals surface area contributed by atoms with Crippen LogP contribution in [0.3, 0.4) is 0 Å². The SMILES string of the molecule is O=C(CC1CCCNC1)NCc1nccs1. The molecule has 0 radical (unpaired) electrons. The first-order chi connectivity index (χ1) is 7.84. The van der Waals surface area contributed by atoms with E-state index in [0.29, 0.717) is 18.9 Å². The highest BCUT2D eigenvalue weighted by molar-refractivity contribution is 7.09. The fraction of sp³-hybridized carbons (Fsp3) is 0.636. The van der Waals surface area contributed by atoms with Crippen LogP contribution in [0.4, 0.5) is 0 Å². The second-order valence-electron chi connectivity index (χ2n) is 4.12. The van der Waals surface area contributed by atoms with Crippen molar-refractivity contribution in [3.05, 3.63) is 16.6 Å². The standard InChI is InChI=1S/C11H17N3OS/c15-10(6-9-2-1-3-12-7-9)14-8-11-13-4-5-16-11/h4-5,9,12H,1-3,6-8H2,(H,14,15). The first-order valence-corrected chi connectivity index (χ1v) is 6.58. The fourth-order valence-electron chi connectivity index (χ4n) is 1.95. The summed E-state index contributed by atoms with van der Waals surface area (Å²) >= 11 is 1.57. The molecule has 1 aliphatic heterocycles. The Bertz CT molecular complexity index is 320. The van der Waals surface area contributed by atoms with Crippen LogP contribution in [0, 0.1) is 5.92 Å². The van der Waals surface area contributed by atoms with Gasteiger partial charge >= 0.3 is 0 Å². The van der Waals surface area contributed by atoms with Gasteiger partial charge in [0.25, 0.3) is 0 Å². The Morgan fingerprint density at radius 2 is 2.62 bits per heavy atom. The third kappa shape index (κ3) is 3.57. The summed E-state index contributed by atoms with van der Waals surface area (Å²) in [6.45, 7) is 2.64. The Morgan fingerprint density at radius 1 is 1.69 bits per heavy atom. The number of nitrogens with one attached hydrogen (secondary N) is 2. The van der Waals surface area contributed by atoms with Crippen LogP contribution in [-0.2, 0) is 11.3 Å². The van der Waals surface area contributed by atoms with E-state index in [1.54, 1.807) is 17.5 Å². The minimum Gasteiger partial charge on any atom is -0.350 e. The van der Waals surface area contributed by atoms with Gasteiger partial charge in [-0.1, -0.05) is 0 Å². The molecule has 2 rings (SSSR count). The lowest BCUT2D eigenvalue weighted by Crippen LogP contribution is -2.34. The molecule has 16 heavy (non-hydrogen) atoms. The van der Waals surface area contributed by atoms with E-state index < -0.39 is 0 Å². The first-order valence-electron chi connectivity index (χ1n) is 5.70. The Morgan fingerprint density at radius 3 is 3.31 bits per heavy atom. The quantitative estimate of drug-likeness (QED) is 0.828. The molecular weight excluding hydrogens is 222 g/mol. The summed E-state index contributed by atoms with van der Waals surface area (Å²) < 4.78 is 0. The van der Waals surface area contributed by atoms with Crippen molar-refractivity contribution in [1.82, 2.24) is 15.6 Å². The van der Waals surface area contributed by atoms with Gasteiger partial charge in [0.1, 0.15) is 5.01 Å². The Labute approximate surface area is 99.5 Å². The number of carbonyl (C=O) groups is 1. The van der Waals surface area contributed by atoms with E-state index in [2.05, 4.69) is 15.6 Å². The van der Waals surface area contributed by atoms with Gasteiger partial charge in [-0.05, 0) is 31.8 Å². The van der Waals surface area contributed by atoms with E-state index in [0.717, 1.165) is 24.5 Å². The number of aromatic nitrogens is 1. The summed E-state index contributed by atoms with van der Waals surface area (Å²) in [4.78, 5) is 15.8. The Balaban J connectivity index is 1.67. The van der Waals surface area contributed by atoms with Crippen LogP contribution < -0.4 is 10.6 Å².